The van der Waals surface area contributed by atoms with Gasteiger partial charge < -0.3 is 29.2 Å². The zero-order chi connectivity index (χ0) is 28.7. The van der Waals surface area contributed by atoms with E-state index >= 15 is 4.39 Å². The lowest BCUT2D eigenvalue weighted by Gasteiger charge is -2.15. The molecular formula is C24H27FN4O9S. The number of fused-ring (bicyclic) bond motifs is 1. The predicted molar refractivity (Wildman–Crippen MR) is 138 cm³/mol. The second-order valence-electron chi connectivity index (χ2n) is 8.25. The van der Waals surface area contributed by atoms with Crippen molar-refractivity contribution in [3.05, 3.63) is 69.3 Å². The smallest absolute Gasteiger partial charge is 0.414 e. The van der Waals surface area contributed by atoms with Crippen molar-refractivity contribution in [2.24, 2.45) is 0 Å². The average molecular weight is 567 g/mol. The predicted octanol–water partition coefficient (Wildman–Crippen LogP) is 1.68. The van der Waals surface area contributed by atoms with Gasteiger partial charge in [0, 0.05) is 51.1 Å². The molecule has 0 atom stereocenters. The molecule has 0 aliphatic rings. The molecule has 4 N–H and O–H groups in total. The number of carbonyl (C=O) groups is 2. The number of carbonyl (C=O) groups excluding carboxylic acids is 2. The third-order valence-corrected chi connectivity index (χ3v) is 6.38. The Labute approximate surface area is 222 Å². The molecule has 2 aromatic carbocycles. The number of aliphatic hydroxyl groups excluding tert-OH is 1. The summed E-state index contributed by atoms with van der Waals surface area (Å²) < 4.78 is 58.5. The minimum absolute atomic E-state index is 0.0180. The SMILES string of the molecule is CNS(=O)(=O)Nc1cccc(Cc2c(CNC(=O)OCCO)c3ccc(OC(=O)N(C)C)cc3oc2=O)c1F. The van der Waals surface area contributed by atoms with Gasteiger partial charge in [0.2, 0.25) is 0 Å². The highest BCUT2D eigenvalue weighted by atomic mass is 32.2. The van der Waals surface area contributed by atoms with Crippen LogP contribution in [0.2, 0.25) is 0 Å². The Bertz CT molecular complexity index is 1540. The number of halogens is 1. The van der Waals surface area contributed by atoms with Gasteiger partial charge in [0.1, 0.15) is 17.9 Å². The van der Waals surface area contributed by atoms with Crippen molar-refractivity contribution in [2.45, 2.75) is 13.0 Å². The largest absolute Gasteiger partial charge is 0.447 e. The summed E-state index contributed by atoms with van der Waals surface area (Å²) in [7, 11) is 0.129. The summed E-state index contributed by atoms with van der Waals surface area (Å²) in [5, 5.41) is 11.7. The second kappa shape index (κ2) is 12.6. The molecule has 1 heterocycles. The average Bonchev–Trinajstić information content (AvgIpc) is 2.89. The van der Waals surface area contributed by atoms with E-state index in [9.17, 15) is 22.8 Å². The van der Waals surface area contributed by atoms with Crippen molar-refractivity contribution in [3.8, 4) is 5.75 Å². The van der Waals surface area contributed by atoms with E-state index < -0.39 is 40.4 Å². The number of nitrogens with one attached hydrogen (secondary N) is 3. The van der Waals surface area contributed by atoms with Gasteiger partial charge >= 0.3 is 17.8 Å². The molecule has 0 fully saturated rings. The first-order chi connectivity index (χ1) is 18.5. The third kappa shape index (κ3) is 7.43. The molecule has 0 unspecified atom stereocenters. The first-order valence-corrected chi connectivity index (χ1v) is 12.9. The van der Waals surface area contributed by atoms with Crippen LogP contribution in [0.15, 0.2) is 45.6 Å². The molecule has 210 valence electrons. The minimum atomic E-state index is -4.01. The number of rotatable bonds is 10. The van der Waals surface area contributed by atoms with Crippen molar-refractivity contribution < 1.29 is 41.4 Å². The quantitative estimate of drug-likeness (QED) is 0.266. The lowest BCUT2D eigenvalue weighted by Crippen LogP contribution is -2.27. The number of nitrogens with zero attached hydrogens (tertiary/aromatic N) is 1. The first kappa shape index (κ1) is 29.3. The molecule has 0 saturated carbocycles. The molecule has 0 bridgehead atoms. The Balaban J connectivity index is 2.07. The van der Waals surface area contributed by atoms with E-state index in [1.165, 1.54) is 55.4 Å². The van der Waals surface area contributed by atoms with Gasteiger partial charge in [-0.15, -0.1) is 0 Å². The molecule has 3 rings (SSSR count). The maximum absolute atomic E-state index is 15.2. The minimum Gasteiger partial charge on any atom is -0.447 e. The van der Waals surface area contributed by atoms with Crippen molar-refractivity contribution in [1.82, 2.24) is 14.9 Å². The van der Waals surface area contributed by atoms with Crippen molar-refractivity contribution in [2.75, 3.05) is 39.1 Å². The maximum Gasteiger partial charge on any atom is 0.414 e. The summed E-state index contributed by atoms with van der Waals surface area (Å²) in [4.78, 5) is 38.2. The van der Waals surface area contributed by atoms with Crippen LogP contribution in [-0.4, -0.2) is 65.0 Å². The summed E-state index contributed by atoms with van der Waals surface area (Å²) in [6.07, 6.45) is -1.85. The van der Waals surface area contributed by atoms with Crippen molar-refractivity contribution in [1.29, 1.82) is 0 Å². The molecule has 0 radical (unpaired) electrons. The number of benzene rings is 2. The lowest BCUT2D eigenvalue weighted by atomic mass is 9.97. The molecular weight excluding hydrogens is 539 g/mol. The summed E-state index contributed by atoms with van der Waals surface area (Å²) >= 11 is 0. The third-order valence-electron chi connectivity index (χ3n) is 5.35. The van der Waals surface area contributed by atoms with Crippen LogP contribution in [0.4, 0.5) is 19.7 Å². The number of hydrogen-bond donors (Lipinski definition) is 4. The summed E-state index contributed by atoms with van der Waals surface area (Å²) in [5.74, 6) is -0.822. The fourth-order valence-electron chi connectivity index (χ4n) is 3.45. The number of alkyl carbamates (subject to hydrolysis) is 1. The summed E-state index contributed by atoms with van der Waals surface area (Å²) in [6, 6.07) is 8.27. The van der Waals surface area contributed by atoms with Gasteiger partial charge in [0.25, 0.3) is 10.2 Å². The van der Waals surface area contributed by atoms with Crippen LogP contribution >= 0.6 is 0 Å². The monoisotopic (exact) mass is 566 g/mol. The molecule has 13 nitrogen and oxygen atoms in total. The van der Waals surface area contributed by atoms with Gasteiger partial charge in [-0.05, 0) is 29.3 Å². The Morgan fingerprint density at radius 1 is 1.15 bits per heavy atom. The van der Waals surface area contributed by atoms with Crippen molar-refractivity contribution >= 4 is 39.1 Å². The zero-order valence-electron chi connectivity index (χ0n) is 21.2. The second-order valence-corrected chi connectivity index (χ2v) is 9.86. The van der Waals surface area contributed by atoms with Gasteiger partial charge in [0.15, 0.2) is 5.82 Å². The standard InChI is InChI=1S/C24H27FN4O9S/c1-26-39(34,35)28-19-6-4-5-14(21(19)25)11-17-18(13-27-23(32)36-10-9-30)16-8-7-15(37-24(33)29(2)3)12-20(16)38-22(17)31/h4-8,12,26,28,30H,9-11,13H2,1-3H3,(H,27,32). The molecule has 2 amide bonds. The van der Waals surface area contributed by atoms with Crippen LogP contribution in [-0.2, 0) is 27.9 Å². The number of hydrogen-bond acceptors (Lipinski definition) is 9. The maximum atomic E-state index is 15.2. The molecule has 0 aliphatic heterocycles. The fourth-order valence-corrected chi connectivity index (χ4v) is 4.00. The molecule has 1 aromatic heterocycles. The van der Waals surface area contributed by atoms with Gasteiger partial charge in [-0.25, -0.2) is 23.5 Å². The van der Waals surface area contributed by atoms with Gasteiger partial charge in [-0.2, -0.15) is 8.42 Å². The Morgan fingerprint density at radius 3 is 2.56 bits per heavy atom. The number of anilines is 1. The normalized spacial score (nSPS) is 11.2. The van der Waals surface area contributed by atoms with Gasteiger partial charge in [-0.1, -0.05) is 12.1 Å². The van der Waals surface area contributed by atoms with Crippen LogP contribution in [0.25, 0.3) is 11.0 Å². The van der Waals surface area contributed by atoms with Crippen LogP contribution in [0.5, 0.6) is 5.75 Å². The molecule has 15 heteroatoms. The van der Waals surface area contributed by atoms with E-state index in [-0.39, 0.29) is 53.3 Å². The molecule has 39 heavy (non-hydrogen) atoms. The molecule has 3 aromatic rings. The van der Waals surface area contributed by atoms with Crippen LogP contribution in [0, 0.1) is 5.82 Å². The van der Waals surface area contributed by atoms with E-state index in [4.69, 9.17) is 19.0 Å². The molecule has 0 aliphatic carbocycles. The van der Waals surface area contributed by atoms with Crippen molar-refractivity contribution in [3.63, 3.8) is 0 Å². The Kier molecular flexibility index (Phi) is 9.45. The van der Waals surface area contributed by atoms with E-state index in [0.29, 0.717) is 5.39 Å². The molecule has 0 spiro atoms. The molecule has 0 saturated heterocycles. The fraction of sp³-hybridized carbons (Fsp3) is 0.292. The highest BCUT2D eigenvalue weighted by molar-refractivity contribution is 7.90. The van der Waals surface area contributed by atoms with Crippen LogP contribution in [0.1, 0.15) is 16.7 Å². The topological polar surface area (TPSA) is 177 Å². The van der Waals surface area contributed by atoms with Gasteiger partial charge in [-0.3, -0.25) is 4.72 Å². The van der Waals surface area contributed by atoms with E-state index in [2.05, 4.69) is 10.0 Å². The Morgan fingerprint density at radius 2 is 1.90 bits per heavy atom. The lowest BCUT2D eigenvalue weighted by molar-refractivity contribution is 0.119. The van der Waals surface area contributed by atoms with E-state index in [0.717, 1.165) is 7.05 Å². The van der Waals surface area contributed by atoms with Crippen LogP contribution in [0.3, 0.4) is 0 Å². The first-order valence-electron chi connectivity index (χ1n) is 11.4. The van der Waals surface area contributed by atoms with Gasteiger partial charge in [0.05, 0.1) is 12.3 Å². The zero-order valence-corrected chi connectivity index (χ0v) is 22.1. The highest BCUT2D eigenvalue weighted by Gasteiger charge is 2.21. The Hall–Kier alpha value is -4.21. The number of ether oxygens (including phenoxy) is 2. The number of aliphatic hydroxyl groups is 1. The van der Waals surface area contributed by atoms with Crippen LogP contribution < -0.4 is 25.1 Å². The van der Waals surface area contributed by atoms with E-state index in [1.807, 2.05) is 4.72 Å². The summed E-state index contributed by atoms with van der Waals surface area (Å²) in [6.45, 7) is -0.887. The van der Waals surface area contributed by atoms with E-state index in [1.54, 1.807) is 0 Å². The summed E-state index contributed by atoms with van der Waals surface area (Å²) in [5.41, 5.74) is -0.960. The number of amides is 2. The highest BCUT2D eigenvalue weighted by Crippen LogP contribution is 2.28.